The second kappa shape index (κ2) is 8.86. The maximum atomic E-state index is 13.9. The van der Waals surface area contributed by atoms with Crippen LogP contribution in [0.4, 0.5) is 5.69 Å². The van der Waals surface area contributed by atoms with Crippen molar-refractivity contribution in [3.8, 4) is 11.5 Å². The number of H-pyrrole nitrogens is 1. The molecule has 0 saturated carbocycles. The molecule has 0 saturated heterocycles. The first-order valence-corrected chi connectivity index (χ1v) is 12.5. The van der Waals surface area contributed by atoms with E-state index in [0.29, 0.717) is 23.8 Å². The number of hydrogen-bond donors (Lipinski definition) is 2. The number of nitrogens with one attached hydrogen (secondary N) is 2. The molecule has 0 radical (unpaired) electrons. The van der Waals surface area contributed by atoms with Gasteiger partial charge < -0.3 is 24.8 Å². The molecule has 4 aromatic rings. The first kappa shape index (κ1) is 24.2. The fraction of sp³-hybridized carbons (Fsp3) is 0.310. The third-order valence-corrected chi connectivity index (χ3v) is 6.93. The van der Waals surface area contributed by atoms with E-state index in [1.54, 1.807) is 18.9 Å². The van der Waals surface area contributed by atoms with Crippen LogP contribution < -0.4 is 14.4 Å². The van der Waals surface area contributed by atoms with E-state index in [1.165, 1.54) is 0 Å². The van der Waals surface area contributed by atoms with Gasteiger partial charge in [0.25, 0.3) is 5.91 Å². The Labute approximate surface area is 215 Å². The van der Waals surface area contributed by atoms with Gasteiger partial charge in [0.05, 0.1) is 12.8 Å². The summed E-state index contributed by atoms with van der Waals surface area (Å²) in [4.78, 5) is 18.9. The molecule has 1 amide bonds. The van der Waals surface area contributed by atoms with Gasteiger partial charge in [-0.15, -0.1) is 11.6 Å². The highest BCUT2D eigenvalue weighted by molar-refractivity contribution is 6.19. The minimum Gasteiger partial charge on any atom is -0.497 e. The van der Waals surface area contributed by atoms with Gasteiger partial charge in [0.1, 0.15) is 22.8 Å². The SMILES string of the molecule is COc1ccc2c(OC(C)(C)C)cc3c(c2c1)[C@H](CCl)CN3C(=O)c1cc2cc(C(C)=N)ccc2[nH]1. The number of nitrogens with zero attached hydrogens (tertiary/aromatic N) is 1. The highest BCUT2D eigenvalue weighted by Crippen LogP contribution is 2.47. The number of carbonyl (C=O) groups is 1. The Balaban J connectivity index is 1.66. The van der Waals surface area contributed by atoms with Crippen LogP contribution in [0.5, 0.6) is 11.5 Å². The van der Waals surface area contributed by atoms with Gasteiger partial charge in [-0.05, 0) is 80.6 Å². The first-order chi connectivity index (χ1) is 17.1. The average molecular weight is 504 g/mol. The zero-order valence-corrected chi connectivity index (χ0v) is 21.9. The maximum absolute atomic E-state index is 13.9. The Bertz CT molecular complexity index is 1520. The molecule has 1 aliphatic rings. The minimum atomic E-state index is -0.414. The van der Waals surface area contributed by atoms with Gasteiger partial charge in [-0.25, -0.2) is 0 Å². The lowest BCUT2D eigenvalue weighted by Crippen LogP contribution is -2.30. The van der Waals surface area contributed by atoms with Crippen molar-refractivity contribution in [1.29, 1.82) is 5.41 Å². The zero-order chi connectivity index (χ0) is 25.8. The number of carbonyl (C=O) groups excluding carboxylic acids is 1. The lowest BCUT2D eigenvalue weighted by molar-refractivity contribution is 0.0984. The van der Waals surface area contributed by atoms with Crippen LogP contribution in [0.2, 0.25) is 0 Å². The Morgan fingerprint density at radius 2 is 1.92 bits per heavy atom. The molecule has 36 heavy (non-hydrogen) atoms. The van der Waals surface area contributed by atoms with Gasteiger partial charge >= 0.3 is 0 Å². The summed E-state index contributed by atoms with van der Waals surface area (Å²) in [5.74, 6) is 1.69. The van der Waals surface area contributed by atoms with Crippen molar-refractivity contribution in [1.82, 2.24) is 4.98 Å². The number of amides is 1. The smallest absolute Gasteiger partial charge is 0.274 e. The number of benzene rings is 3. The van der Waals surface area contributed by atoms with E-state index in [4.69, 9.17) is 26.5 Å². The quantitative estimate of drug-likeness (QED) is 0.230. The number of halogens is 1. The summed E-state index contributed by atoms with van der Waals surface area (Å²) in [6, 6.07) is 15.5. The van der Waals surface area contributed by atoms with Crippen LogP contribution in [-0.2, 0) is 0 Å². The number of alkyl halides is 1. The molecular formula is C29H30ClN3O3. The molecule has 0 unspecified atom stereocenters. The normalized spacial score (nSPS) is 15.4. The van der Waals surface area contributed by atoms with Crippen LogP contribution in [-0.4, -0.2) is 41.7 Å². The van der Waals surface area contributed by atoms with Crippen molar-refractivity contribution in [3.63, 3.8) is 0 Å². The van der Waals surface area contributed by atoms with Gasteiger partial charge in [-0.1, -0.05) is 6.07 Å². The molecule has 6 nitrogen and oxygen atoms in total. The zero-order valence-electron chi connectivity index (χ0n) is 21.2. The fourth-order valence-electron chi connectivity index (χ4n) is 4.93. The number of rotatable bonds is 5. The molecule has 5 rings (SSSR count). The van der Waals surface area contributed by atoms with E-state index >= 15 is 0 Å². The van der Waals surface area contributed by atoms with Crippen molar-refractivity contribution >= 4 is 50.6 Å². The Kier molecular flexibility index (Phi) is 5.95. The van der Waals surface area contributed by atoms with Crippen LogP contribution in [0.25, 0.3) is 21.7 Å². The number of aromatic nitrogens is 1. The van der Waals surface area contributed by atoms with Gasteiger partial charge in [-0.2, -0.15) is 0 Å². The van der Waals surface area contributed by atoms with Crippen LogP contribution in [0, 0.1) is 5.41 Å². The highest BCUT2D eigenvalue weighted by Gasteiger charge is 2.36. The van der Waals surface area contributed by atoms with Crippen LogP contribution in [0.1, 0.15) is 55.2 Å². The van der Waals surface area contributed by atoms with Crippen LogP contribution in [0.3, 0.4) is 0 Å². The Morgan fingerprint density at radius 3 is 2.58 bits per heavy atom. The van der Waals surface area contributed by atoms with E-state index in [9.17, 15) is 4.79 Å². The molecule has 186 valence electrons. The summed E-state index contributed by atoms with van der Waals surface area (Å²) in [7, 11) is 1.65. The number of hydrogen-bond acceptors (Lipinski definition) is 4. The molecule has 1 aliphatic heterocycles. The van der Waals surface area contributed by atoms with Crippen molar-refractivity contribution in [2.75, 3.05) is 24.4 Å². The molecule has 7 heteroatoms. The van der Waals surface area contributed by atoms with E-state index in [2.05, 4.69) is 4.98 Å². The van der Waals surface area contributed by atoms with E-state index in [-0.39, 0.29) is 11.8 Å². The number of aromatic amines is 1. The number of ether oxygens (including phenoxy) is 2. The third-order valence-electron chi connectivity index (χ3n) is 6.56. The van der Waals surface area contributed by atoms with Crippen molar-refractivity contribution in [2.45, 2.75) is 39.2 Å². The topological polar surface area (TPSA) is 78.4 Å². The standard InChI is InChI=1S/C29H30ClN3O3/c1-16(31)17-6-9-23-18(10-17)11-24(32-23)28(34)33-15-19(14-30)27-22-12-20(35-5)7-8-21(22)26(13-25(27)33)36-29(2,3)4/h6-13,19,31-32H,14-15H2,1-5H3/t19-/m1/s1. The summed E-state index contributed by atoms with van der Waals surface area (Å²) in [5, 5.41) is 10.8. The third kappa shape index (κ3) is 4.20. The van der Waals surface area contributed by atoms with Gasteiger partial charge in [0.15, 0.2) is 0 Å². The molecule has 0 spiro atoms. The van der Waals surface area contributed by atoms with Crippen LogP contribution in [0.15, 0.2) is 48.5 Å². The summed E-state index contributed by atoms with van der Waals surface area (Å²) in [6.07, 6.45) is 0. The second-order valence-corrected chi connectivity index (χ2v) is 10.6. The van der Waals surface area contributed by atoms with Crippen molar-refractivity contribution < 1.29 is 14.3 Å². The van der Waals surface area contributed by atoms with E-state index < -0.39 is 5.60 Å². The Morgan fingerprint density at radius 1 is 1.14 bits per heavy atom. The average Bonchev–Trinajstić information content (AvgIpc) is 3.43. The number of methoxy groups -OCH3 is 1. The number of anilines is 1. The largest absolute Gasteiger partial charge is 0.497 e. The monoisotopic (exact) mass is 503 g/mol. The van der Waals surface area contributed by atoms with Gasteiger partial charge in [-0.3, -0.25) is 4.79 Å². The second-order valence-electron chi connectivity index (χ2n) is 10.3. The molecule has 2 heterocycles. The van der Waals surface area contributed by atoms with E-state index in [0.717, 1.165) is 50.0 Å². The fourth-order valence-corrected chi connectivity index (χ4v) is 5.18. The summed E-state index contributed by atoms with van der Waals surface area (Å²) in [5.41, 5.74) is 4.09. The van der Waals surface area contributed by atoms with Gasteiger partial charge in [0, 0.05) is 46.4 Å². The van der Waals surface area contributed by atoms with E-state index in [1.807, 2.05) is 69.3 Å². The Hall–Kier alpha value is -3.51. The lowest BCUT2D eigenvalue weighted by Gasteiger charge is -2.25. The van der Waals surface area contributed by atoms with Gasteiger partial charge in [0.2, 0.25) is 0 Å². The molecule has 0 aliphatic carbocycles. The summed E-state index contributed by atoms with van der Waals surface area (Å²) in [6.45, 7) is 8.26. The predicted molar refractivity (Wildman–Crippen MR) is 147 cm³/mol. The first-order valence-electron chi connectivity index (χ1n) is 12.0. The molecule has 2 N–H and O–H groups in total. The minimum absolute atomic E-state index is 0.0274. The van der Waals surface area contributed by atoms with Crippen molar-refractivity contribution in [2.24, 2.45) is 0 Å². The maximum Gasteiger partial charge on any atom is 0.274 e. The summed E-state index contributed by atoms with van der Waals surface area (Å²) >= 11 is 6.45. The highest BCUT2D eigenvalue weighted by atomic mass is 35.5. The molecule has 1 aromatic heterocycles. The number of fused-ring (bicyclic) bond motifs is 4. The molecular weight excluding hydrogens is 474 g/mol. The molecule has 3 aromatic carbocycles. The van der Waals surface area contributed by atoms with Crippen LogP contribution >= 0.6 is 11.6 Å². The lowest BCUT2D eigenvalue weighted by atomic mass is 9.95. The summed E-state index contributed by atoms with van der Waals surface area (Å²) < 4.78 is 11.9. The molecule has 1 atom stereocenters. The predicted octanol–water partition coefficient (Wildman–Crippen LogP) is 6.88. The molecule has 0 bridgehead atoms. The van der Waals surface area contributed by atoms with Crippen molar-refractivity contribution in [3.05, 3.63) is 65.4 Å². The molecule has 0 fully saturated rings.